The Morgan fingerprint density at radius 2 is 1.81 bits per heavy atom. The Hall–Kier alpha value is 0.340. The molecule has 0 rings (SSSR count). The van der Waals surface area contributed by atoms with Crippen LogP contribution in [0.2, 0.25) is 0 Å². The normalized spacial score (nSPS) is 13.5. The molecule has 6 nitrogen and oxygen atoms in total. The van der Waals surface area contributed by atoms with E-state index < -0.39 is 42.9 Å². The van der Waals surface area contributed by atoms with Gasteiger partial charge in [0.2, 0.25) is 0 Å². The first-order chi connectivity index (χ1) is 8.86. The predicted molar refractivity (Wildman–Crippen MR) is 62.1 cm³/mol. The van der Waals surface area contributed by atoms with Crippen LogP contribution >= 0.6 is 0 Å². The van der Waals surface area contributed by atoms with E-state index in [9.17, 15) is 24.2 Å². The first-order valence-electron chi connectivity index (χ1n) is 6.17. The largest absolute Gasteiger partial charge is 1.00 e. The second-order valence-electron chi connectivity index (χ2n) is 4.23. The quantitative estimate of drug-likeness (QED) is 0.244. The van der Waals surface area contributed by atoms with Crippen molar-refractivity contribution in [2.45, 2.75) is 57.7 Å². The van der Waals surface area contributed by atoms with Crippen LogP contribution in [-0.4, -0.2) is 35.2 Å². The van der Waals surface area contributed by atoms with E-state index in [0.29, 0.717) is 6.42 Å². The number of nitrogens with zero attached hydrogens (tertiary/aromatic N) is 1. The van der Waals surface area contributed by atoms with Crippen molar-refractivity contribution in [1.29, 1.82) is 0 Å². The van der Waals surface area contributed by atoms with Gasteiger partial charge >= 0.3 is 65.1 Å². The SMILES string of the molecule is CCCCC(F)CC([O-])=N[C@@H](CCC(=O)[O-])C(=O)O.[Na+].[Na+]. The van der Waals surface area contributed by atoms with Crippen LogP contribution in [0.5, 0.6) is 0 Å². The zero-order valence-corrected chi connectivity index (χ0v) is 16.8. The van der Waals surface area contributed by atoms with Gasteiger partial charge in [0, 0.05) is 12.4 Å². The van der Waals surface area contributed by atoms with E-state index in [-0.39, 0.29) is 72.0 Å². The van der Waals surface area contributed by atoms with Gasteiger partial charge < -0.3 is 20.1 Å². The number of carboxylic acids is 2. The Kier molecular flexibility index (Phi) is 19.1. The van der Waals surface area contributed by atoms with E-state index in [2.05, 4.69) is 4.99 Å². The van der Waals surface area contributed by atoms with Crippen LogP contribution in [0.25, 0.3) is 0 Å². The maximum absolute atomic E-state index is 13.3. The smallest absolute Gasteiger partial charge is 0.862 e. The third-order valence-electron chi connectivity index (χ3n) is 2.47. The second-order valence-corrected chi connectivity index (χ2v) is 4.23. The number of aliphatic imine (C=N–C) groups is 1. The summed E-state index contributed by atoms with van der Waals surface area (Å²) in [7, 11) is 0. The first kappa shape index (κ1) is 26.2. The van der Waals surface area contributed by atoms with E-state index in [1.807, 2.05) is 6.92 Å². The van der Waals surface area contributed by atoms with Gasteiger partial charge in [0.25, 0.3) is 0 Å². The molecule has 0 aromatic carbocycles. The van der Waals surface area contributed by atoms with Crippen molar-refractivity contribution in [3.8, 4) is 0 Å². The zero-order valence-electron chi connectivity index (χ0n) is 12.8. The molecule has 1 N–H and O–H groups in total. The number of rotatable bonds is 10. The molecule has 0 aromatic heterocycles. The Balaban J connectivity index is -0.00000162. The standard InChI is InChI=1S/C12H20FNO5.2Na/c1-2-3-4-8(13)7-10(15)14-9(12(18)19)5-6-11(16)17;;/h8-9H,2-7H2,1H3,(H,14,15)(H,16,17)(H,18,19);;/q;2*+1/p-2/t8?,9-;;/m0../s1. The molecule has 0 aromatic rings. The van der Waals surface area contributed by atoms with Crippen molar-refractivity contribution < 1.29 is 88.4 Å². The molecule has 0 aliphatic rings. The molecule has 0 fully saturated rings. The maximum Gasteiger partial charge on any atom is 1.00 e. The van der Waals surface area contributed by atoms with Crippen LogP contribution in [0.15, 0.2) is 4.99 Å². The van der Waals surface area contributed by atoms with E-state index in [1.165, 1.54) is 0 Å². The zero-order chi connectivity index (χ0) is 14.8. The molecule has 0 saturated carbocycles. The average molecular weight is 321 g/mol. The van der Waals surface area contributed by atoms with Gasteiger partial charge in [-0.15, -0.1) is 0 Å². The molecular weight excluding hydrogens is 303 g/mol. The van der Waals surface area contributed by atoms with Crippen molar-refractivity contribution in [2.75, 3.05) is 0 Å². The van der Waals surface area contributed by atoms with Crippen LogP contribution in [0, 0.1) is 0 Å². The Morgan fingerprint density at radius 1 is 1.24 bits per heavy atom. The van der Waals surface area contributed by atoms with E-state index in [1.54, 1.807) is 0 Å². The minimum atomic E-state index is -1.45. The summed E-state index contributed by atoms with van der Waals surface area (Å²) in [6.45, 7) is 1.89. The molecule has 0 spiro atoms. The maximum atomic E-state index is 13.3. The van der Waals surface area contributed by atoms with Crippen LogP contribution in [0.3, 0.4) is 0 Å². The number of carbonyl (C=O) groups is 2. The molecule has 2 atom stereocenters. The number of carbonyl (C=O) groups excluding carboxylic acids is 1. The van der Waals surface area contributed by atoms with Crippen molar-refractivity contribution in [3.05, 3.63) is 0 Å². The average Bonchev–Trinajstić information content (AvgIpc) is 2.31. The van der Waals surface area contributed by atoms with E-state index >= 15 is 0 Å². The number of aliphatic carboxylic acids is 2. The van der Waals surface area contributed by atoms with Crippen molar-refractivity contribution in [2.24, 2.45) is 4.99 Å². The third-order valence-corrected chi connectivity index (χ3v) is 2.47. The van der Waals surface area contributed by atoms with E-state index in [4.69, 9.17) is 5.11 Å². The molecule has 0 radical (unpaired) electrons. The summed E-state index contributed by atoms with van der Waals surface area (Å²) >= 11 is 0. The van der Waals surface area contributed by atoms with Gasteiger partial charge in [0.05, 0.1) is 0 Å². The van der Waals surface area contributed by atoms with Crippen LogP contribution in [0.4, 0.5) is 4.39 Å². The molecule has 9 heteroatoms. The summed E-state index contributed by atoms with van der Waals surface area (Å²) in [5.41, 5.74) is 0. The van der Waals surface area contributed by atoms with Gasteiger partial charge in [-0.25, -0.2) is 9.18 Å². The monoisotopic (exact) mass is 321 g/mol. The van der Waals surface area contributed by atoms with Gasteiger partial charge in [0.15, 0.2) is 0 Å². The van der Waals surface area contributed by atoms with Gasteiger partial charge in [0.1, 0.15) is 12.2 Å². The molecule has 0 amide bonds. The fourth-order valence-electron chi connectivity index (χ4n) is 1.44. The molecule has 110 valence electrons. The summed E-state index contributed by atoms with van der Waals surface area (Å²) in [4.78, 5) is 24.3. The summed E-state index contributed by atoms with van der Waals surface area (Å²) in [6, 6.07) is -1.45. The molecule has 0 aliphatic heterocycles. The summed E-state index contributed by atoms with van der Waals surface area (Å²) in [5, 5.41) is 30.3. The fraction of sp³-hybridized carbons (Fsp3) is 0.750. The number of carboxylic acid groups (broad SMARTS) is 2. The van der Waals surface area contributed by atoms with Gasteiger partial charge in [-0.05, 0) is 25.2 Å². The summed E-state index contributed by atoms with van der Waals surface area (Å²) in [5.74, 6) is -3.67. The predicted octanol–water partition coefficient (Wildman–Crippen LogP) is -6.35. The minimum absolute atomic E-state index is 0. The molecule has 21 heavy (non-hydrogen) atoms. The number of hydrogen-bond donors (Lipinski definition) is 1. The fourth-order valence-corrected chi connectivity index (χ4v) is 1.44. The van der Waals surface area contributed by atoms with Gasteiger partial charge in [-0.2, -0.15) is 0 Å². The minimum Gasteiger partial charge on any atom is -0.862 e. The molecule has 1 unspecified atom stereocenters. The van der Waals surface area contributed by atoms with Crippen LogP contribution in [0.1, 0.15) is 45.4 Å². The second kappa shape index (κ2) is 15.2. The van der Waals surface area contributed by atoms with Crippen molar-refractivity contribution in [1.82, 2.24) is 0 Å². The van der Waals surface area contributed by atoms with Gasteiger partial charge in [-0.1, -0.05) is 19.8 Å². The third kappa shape index (κ3) is 15.0. The molecule has 0 saturated heterocycles. The van der Waals surface area contributed by atoms with Gasteiger partial charge in [-0.3, -0.25) is 4.99 Å². The number of unbranched alkanes of at least 4 members (excludes halogenated alkanes) is 1. The van der Waals surface area contributed by atoms with Crippen molar-refractivity contribution >= 4 is 17.8 Å². The molecular formula is C12H18FNNa2O5. The topological polar surface area (TPSA) is 113 Å². The molecule has 0 bridgehead atoms. The Morgan fingerprint density at radius 3 is 2.24 bits per heavy atom. The summed E-state index contributed by atoms with van der Waals surface area (Å²) < 4.78 is 13.3. The Bertz CT molecular complexity index is 342. The number of halogens is 1. The Labute approximate surface area is 167 Å². The van der Waals surface area contributed by atoms with Crippen molar-refractivity contribution in [3.63, 3.8) is 0 Å². The van der Waals surface area contributed by atoms with Crippen LogP contribution in [-0.2, 0) is 9.59 Å². The molecule has 0 aliphatic carbocycles. The number of alkyl halides is 1. The first-order valence-corrected chi connectivity index (χ1v) is 6.17. The molecule has 0 heterocycles. The number of hydrogen-bond acceptors (Lipinski definition) is 5. The van der Waals surface area contributed by atoms with Crippen LogP contribution < -0.4 is 69.3 Å². The summed E-state index contributed by atoms with van der Waals surface area (Å²) in [6.07, 6.45) is -0.982. The van der Waals surface area contributed by atoms with E-state index in [0.717, 1.165) is 6.42 Å².